The first-order valence-electron chi connectivity index (χ1n) is 5.64. The van der Waals surface area contributed by atoms with Gasteiger partial charge in [0.1, 0.15) is 0 Å². The Morgan fingerprint density at radius 2 is 1.55 bits per heavy atom. The van der Waals surface area contributed by atoms with E-state index in [1.165, 1.54) is 31.2 Å². The van der Waals surface area contributed by atoms with Crippen LogP contribution in [0.5, 0.6) is 0 Å². The molecule has 0 aliphatic rings. The fraction of sp³-hybridized carbons (Fsp3) is 0.214. The average Bonchev–Trinajstić information content (AvgIpc) is 2.36. The van der Waals surface area contributed by atoms with E-state index in [9.17, 15) is 26.7 Å². The molecule has 0 spiro atoms. The van der Waals surface area contributed by atoms with Crippen LogP contribution >= 0.6 is 0 Å². The third-order valence-corrected chi connectivity index (χ3v) is 3.01. The zero-order valence-electron chi connectivity index (χ0n) is 10.3. The molecule has 0 aliphatic heterocycles. The van der Waals surface area contributed by atoms with Gasteiger partial charge in [0.05, 0.1) is 0 Å². The van der Waals surface area contributed by atoms with Crippen LogP contribution in [0, 0.1) is 6.92 Å². The van der Waals surface area contributed by atoms with Gasteiger partial charge in [-0.25, -0.2) is 0 Å². The summed E-state index contributed by atoms with van der Waals surface area (Å²) in [5, 5.41) is 0.515. The first-order chi connectivity index (χ1) is 9.16. The zero-order chi connectivity index (χ0) is 15.1. The number of ketones is 1. The van der Waals surface area contributed by atoms with Crippen molar-refractivity contribution in [1.82, 2.24) is 0 Å². The molecule has 0 fully saturated rings. The van der Waals surface area contributed by atoms with Crippen molar-refractivity contribution in [3.05, 3.63) is 47.5 Å². The van der Waals surface area contributed by atoms with E-state index in [-0.39, 0.29) is 10.9 Å². The van der Waals surface area contributed by atoms with Crippen molar-refractivity contribution in [2.24, 2.45) is 0 Å². The Bertz CT molecular complexity index is 673. The molecular weight excluding hydrogens is 279 g/mol. The quantitative estimate of drug-likeness (QED) is 0.586. The summed E-state index contributed by atoms with van der Waals surface area (Å²) >= 11 is 0. The topological polar surface area (TPSA) is 17.1 Å². The van der Waals surface area contributed by atoms with Gasteiger partial charge in [-0.05, 0) is 23.3 Å². The fourth-order valence-corrected chi connectivity index (χ4v) is 1.97. The van der Waals surface area contributed by atoms with Crippen molar-refractivity contribution in [2.45, 2.75) is 19.0 Å². The van der Waals surface area contributed by atoms with E-state index in [0.29, 0.717) is 5.39 Å². The summed E-state index contributed by atoms with van der Waals surface area (Å²) in [7, 11) is 0. The van der Waals surface area contributed by atoms with Crippen LogP contribution in [-0.2, 0) is 0 Å². The monoisotopic (exact) mass is 288 g/mol. The standard InChI is InChI=1S/C14H9F5O/c1-8-6-7-9-4-2-3-5-10(9)11(8)12(20)13(15,16)14(17,18)19/h2-7H,1H3. The molecule has 106 valence electrons. The third-order valence-electron chi connectivity index (χ3n) is 3.01. The third kappa shape index (κ3) is 2.15. The number of alkyl halides is 5. The lowest BCUT2D eigenvalue weighted by Gasteiger charge is -2.20. The molecule has 0 aromatic heterocycles. The lowest BCUT2D eigenvalue weighted by molar-refractivity contribution is -0.255. The predicted octanol–water partition coefficient (Wildman–Crippen LogP) is 4.53. The number of rotatable bonds is 2. The number of benzene rings is 2. The van der Waals surface area contributed by atoms with Crippen LogP contribution < -0.4 is 0 Å². The Hall–Kier alpha value is -1.98. The molecule has 0 atom stereocenters. The minimum atomic E-state index is -5.91. The average molecular weight is 288 g/mol. The van der Waals surface area contributed by atoms with Crippen LogP contribution in [0.3, 0.4) is 0 Å². The van der Waals surface area contributed by atoms with Crippen molar-refractivity contribution in [3.8, 4) is 0 Å². The molecule has 0 bridgehead atoms. The van der Waals surface area contributed by atoms with Gasteiger partial charge in [0.2, 0.25) is 5.78 Å². The molecule has 0 saturated carbocycles. The van der Waals surface area contributed by atoms with Gasteiger partial charge < -0.3 is 0 Å². The number of hydrogen-bond donors (Lipinski definition) is 0. The van der Waals surface area contributed by atoms with Crippen LogP contribution in [0.25, 0.3) is 10.8 Å². The molecule has 0 aliphatic carbocycles. The van der Waals surface area contributed by atoms with Crippen LogP contribution in [0.15, 0.2) is 36.4 Å². The fourth-order valence-electron chi connectivity index (χ4n) is 1.97. The second-order valence-electron chi connectivity index (χ2n) is 4.38. The second kappa shape index (κ2) is 4.54. The Labute approximate surface area is 111 Å². The number of halogens is 5. The van der Waals surface area contributed by atoms with E-state index < -0.39 is 23.4 Å². The summed E-state index contributed by atoms with van der Waals surface area (Å²) in [5.41, 5.74) is -0.511. The normalized spacial score (nSPS) is 12.7. The van der Waals surface area contributed by atoms with E-state index >= 15 is 0 Å². The Kier molecular flexibility index (Phi) is 3.28. The molecule has 0 saturated heterocycles. The first-order valence-corrected chi connectivity index (χ1v) is 5.64. The van der Waals surface area contributed by atoms with Crippen LogP contribution in [-0.4, -0.2) is 17.9 Å². The molecular formula is C14H9F5O. The Morgan fingerprint density at radius 1 is 0.950 bits per heavy atom. The smallest absolute Gasteiger partial charge is 0.287 e. The minimum absolute atomic E-state index is 0.0811. The first kappa shape index (κ1) is 14.4. The molecule has 2 aromatic rings. The zero-order valence-corrected chi connectivity index (χ0v) is 10.3. The lowest BCUT2D eigenvalue weighted by atomic mass is 9.94. The SMILES string of the molecule is Cc1ccc2ccccc2c1C(=O)C(F)(F)C(F)(F)F. The molecule has 2 aromatic carbocycles. The molecule has 1 nitrogen and oxygen atoms in total. The Balaban J connectivity index is 2.70. The van der Waals surface area contributed by atoms with Gasteiger partial charge in [-0.2, -0.15) is 22.0 Å². The van der Waals surface area contributed by atoms with Crippen LogP contribution in [0.2, 0.25) is 0 Å². The van der Waals surface area contributed by atoms with Crippen LogP contribution in [0.1, 0.15) is 15.9 Å². The molecule has 6 heteroatoms. The van der Waals surface area contributed by atoms with Crippen molar-refractivity contribution >= 4 is 16.6 Å². The number of carbonyl (C=O) groups excluding carboxylic acids is 1. The number of carbonyl (C=O) groups is 1. The van der Waals surface area contributed by atoms with Gasteiger partial charge >= 0.3 is 12.1 Å². The van der Waals surface area contributed by atoms with Crippen molar-refractivity contribution in [2.75, 3.05) is 0 Å². The number of hydrogen-bond acceptors (Lipinski definition) is 1. The van der Waals surface area contributed by atoms with E-state index in [4.69, 9.17) is 0 Å². The van der Waals surface area contributed by atoms with Crippen LogP contribution in [0.4, 0.5) is 22.0 Å². The van der Waals surface area contributed by atoms with Gasteiger partial charge in [0.15, 0.2) is 0 Å². The second-order valence-corrected chi connectivity index (χ2v) is 4.38. The summed E-state index contributed by atoms with van der Waals surface area (Å²) < 4.78 is 63.5. The maximum atomic E-state index is 13.2. The highest BCUT2D eigenvalue weighted by molar-refractivity contribution is 6.12. The number of aryl methyl sites for hydroxylation is 1. The lowest BCUT2D eigenvalue weighted by Crippen LogP contribution is -2.44. The molecule has 0 amide bonds. The molecule has 2 rings (SSSR count). The van der Waals surface area contributed by atoms with E-state index in [2.05, 4.69) is 0 Å². The highest BCUT2D eigenvalue weighted by atomic mass is 19.4. The van der Waals surface area contributed by atoms with E-state index in [0.717, 1.165) is 0 Å². The summed E-state index contributed by atoms with van der Waals surface area (Å²) in [4.78, 5) is 11.7. The van der Waals surface area contributed by atoms with E-state index in [1.807, 2.05) is 0 Å². The summed E-state index contributed by atoms with van der Waals surface area (Å²) in [5.74, 6) is -7.62. The largest absolute Gasteiger partial charge is 0.461 e. The van der Waals surface area contributed by atoms with Gasteiger partial charge in [0.25, 0.3) is 0 Å². The Morgan fingerprint density at radius 3 is 2.15 bits per heavy atom. The molecule has 20 heavy (non-hydrogen) atoms. The molecule has 0 N–H and O–H groups in total. The molecule has 0 radical (unpaired) electrons. The maximum Gasteiger partial charge on any atom is 0.461 e. The minimum Gasteiger partial charge on any atom is -0.287 e. The van der Waals surface area contributed by atoms with Gasteiger partial charge in [0, 0.05) is 5.56 Å². The van der Waals surface area contributed by atoms with Gasteiger partial charge in [-0.1, -0.05) is 36.4 Å². The van der Waals surface area contributed by atoms with Crippen molar-refractivity contribution < 1.29 is 26.7 Å². The number of Topliss-reactive ketones (excluding diaryl/α,β-unsaturated/α-hetero) is 1. The molecule has 0 unspecified atom stereocenters. The predicted molar refractivity (Wildman–Crippen MR) is 64.0 cm³/mol. The van der Waals surface area contributed by atoms with Crippen molar-refractivity contribution in [1.29, 1.82) is 0 Å². The maximum absolute atomic E-state index is 13.2. The summed E-state index contributed by atoms with van der Waals surface area (Å²) in [6.45, 7) is 1.33. The summed E-state index contributed by atoms with van der Waals surface area (Å²) in [6, 6.07) is 8.88. The van der Waals surface area contributed by atoms with Gasteiger partial charge in [-0.15, -0.1) is 0 Å². The van der Waals surface area contributed by atoms with Crippen molar-refractivity contribution in [3.63, 3.8) is 0 Å². The summed E-state index contributed by atoms with van der Waals surface area (Å²) in [6.07, 6.45) is -5.91. The number of fused-ring (bicyclic) bond motifs is 1. The molecule has 0 heterocycles. The highest BCUT2D eigenvalue weighted by Gasteiger charge is 2.63. The highest BCUT2D eigenvalue weighted by Crippen LogP contribution is 2.39. The van der Waals surface area contributed by atoms with Gasteiger partial charge in [-0.3, -0.25) is 4.79 Å². The van der Waals surface area contributed by atoms with E-state index in [1.54, 1.807) is 12.1 Å².